The number of rotatable bonds is 3. The van der Waals surface area contributed by atoms with Crippen LogP contribution in [-0.2, 0) is 9.53 Å². The second-order valence-corrected chi connectivity index (χ2v) is 5.97. The number of ether oxygens (including phenoxy) is 1. The summed E-state index contributed by atoms with van der Waals surface area (Å²) in [4.78, 5) is 9.60. The highest BCUT2D eigenvalue weighted by Gasteiger charge is 2.10. The van der Waals surface area contributed by atoms with Gasteiger partial charge < -0.3 is 4.74 Å². The molecule has 2 heteroatoms. The maximum atomic E-state index is 9.60. The van der Waals surface area contributed by atoms with E-state index in [1.807, 2.05) is 20.8 Å². The molecule has 0 atom stereocenters. The molecule has 0 amide bonds. The van der Waals surface area contributed by atoms with Gasteiger partial charge in [0.1, 0.15) is 5.60 Å². The normalized spacial score (nSPS) is 17.6. The second kappa shape index (κ2) is 9.49. The molecule has 0 radical (unpaired) electrons. The minimum atomic E-state index is -0.318. The molecule has 0 heterocycles. The fraction of sp³-hybridized carbons (Fsp3) is 0.933. The molecule has 0 unspecified atom stereocenters. The lowest BCUT2D eigenvalue weighted by Gasteiger charge is -2.14. The maximum Gasteiger partial charge on any atom is 0.293 e. The third kappa shape index (κ3) is 11.7. The smallest absolute Gasteiger partial charge is 0.293 e. The fourth-order valence-corrected chi connectivity index (χ4v) is 2.21. The molecule has 0 N–H and O–H groups in total. The van der Waals surface area contributed by atoms with Crippen molar-refractivity contribution in [3.8, 4) is 0 Å². The standard InChI is InChI=1S/C10H20.C5H10O2/c1-2-7-10-8-5-3-4-6-9-10;1-5(2,3)7-4-6/h10H,2-9H2,1H3;4H,1-3H3. The van der Waals surface area contributed by atoms with Crippen LogP contribution in [0.3, 0.4) is 0 Å². The SMILES string of the molecule is CC(C)(C)OC=O.CCCC1CCCCCC1. The lowest BCUT2D eigenvalue weighted by Crippen LogP contribution is -2.17. The van der Waals surface area contributed by atoms with Crippen molar-refractivity contribution in [2.45, 2.75) is 84.7 Å². The van der Waals surface area contributed by atoms with Crippen molar-refractivity contribution in [2.75, 3.05) is 0 Å². The van der Waals surface area contributed by atoms with Crippen LogP contribution in [0.5, 0.6) is 0 Å². The van der Waals surface area contributed by atoms with Crippen molar-refractivity contribution in [1.29, 1.82) is 0 Å². The van der Waals surface area contributed by atoms with Gasteiger partial charge in [-0.2, -0.15) is 0 Å². The third-order valence-corrected chi connectivity index (χ3v) is 3.07. The zero-order valence-electron chi connectivity index (χ0n) is 12.1. The molecule has 1 saturated carbocycles. The van der Waals surface area contributed by atoms with Crippen LogP contribution in [-0.4, -0.2) is 12.1 Å². The van der Waals surface area contributed by atoms with E-state index in [1.54, 1.807) is 0 Å². The van der Waals surface area contributed by atoms with E-state index in [2.05, 4.69) is 11.7 Å². The van der Waals surface area contributed by atoms with Gasteiger partial charge in [0.05, 0.1) is 0 Å². The summed E-state index contributed by atoms with van der Waals surface area (Å²) in [6, 6.07) is 0. The number of carbonyl (C=O) groups excluding carboxylic acids is 1. The topological polar surface area (TPSA) is 26.3 Å². The van der Waals surface area contributed by atoms with Crippen molar-refractivity contribution >= 4 is 6.47 Å². The van der Waals surface area contributed by atoms with E-state index in [4.69, 9.17) is 0 Å². The maximum absolute atomic E-state index is 9.60. The van der Waals surface area contributed by atoms with E-state index in [0.29, 0.717) is 6.47 Å². The summed E-state index contributed by atoms with van der Waals surface area (Å²) in [5, 5.41) is 0. The van der Waals surface area contributed by atoms with Gasteiger partial charge in [0, 0.05) is 0 Å². The highest BCUT2D eigenvalue weighted by atomic mass is 16.5. The largest absolute Gasteiger partial charge is 0.462 e. The zero-order valence-corrected chi connectivity index (χ0v) is 12.1. The first-order valence-electron chi connectivity index (χ1n) is 7.11. The molecule has 1 fully saturated rings. The first kappa shape index (κ1) is 16.5. The Labute approximate surface area is 107 Å². The number of hydrogen-bond donors (Lipinski definition) is 0. The second-order valence-electron chi connectivity index (χ2n) is 5.97. The highest BCUT2D eigenvalue weighted by Crippen LogP contribution is 2.25. The van der Waals surface area contributed by atoms with Crippen LogP contribution in [0.15, 0.2) is 0 Å². The summed E-state index contributed by atoms with van der Waals surface area (Å²) in [7, 11) is 0. The van der Waals surface area contributed by atoms with Crippen LogP contribution in [0.1, 0.15) is 79.1 Å². The summed E-state index contributed by atoms with van der Waals surface area (Å²) in [5.74, 6) is 1.09. The van der Waals surface area contributed by atoms with E-state index in [9.17, 15) is 4.79 Å². The Morgan fingerprint density at radius 1 is 1.12 bits per heavy atom. The summed E-state index contributed by atoms with van der Waals surface area (Å²) in [6.07, 6.45) is 11.9. The Bertz CT molecular complexity index is 174. The minimum Gasteiger partial charge on any atom is -0.462 e. The molecular formula is C15H30O2. The molecule has 1 aliphatic carbocycles. The molecule has 0 aliphatic heterocycles. The van der Waals surface area contributed by atoms with Crippen LogP contribution in [0.4, 0.5) is 0 Å². The van der Waals surface area contributed by atoms with Gasteiger partial charge in [0.2, 0.25) is 0 Å². The minimum absolute atomic E-state index is 0.318. The Balaban J connectivity index is 0.000000325. The molecule has 1 rings (SSSR count). The van der Waals surface area contributed by atoms with Gasteiger partial charge in [-0.15, -0.1) is 0 Å². The summed E-state index contributed by atoms with van der Waals surface area (Å²) >= 11 is 0. The molecule has 0 saturated heterocycles. The molecule has 2 nitrogen and oxygen atoms in total. The number of carbonyl (C=O) groups is 1. The highest BCUT2D eigenvalue weighted by molar-refractivity contribution is 5.37. The first-order valence-corrected chi connectivity index (χ1v) is 7.11. The fourth-order valence-electron chi connectivity index (χ4n) is 2.21. The van der Waals surface area contributed by atoms with Crippen LogP contribution in [0.2, 0.25) is 0 Å². The van der Waals surface area contributed by atoms with E-state index < -0.39 is 0 Å². The monoisotopic (exact) mass is 242 g/mol. The number of hydrogen-bond acceptors (Lipinski definition) is 2. The van der Waals surface area contributed by atoms with E-state index >= 15 is 0 Å². The zero-order chi connectivity index (χ0) is 13.1. The molecule has 1 aliphatic rings. The third-order valence-electron chi connectivity index (χ3n) is 3.07. The van der Waals surface area contributed by atoms with E-state index in [1.165, 1.54) is 51.4 Å². The molecule has 0 spiro atoms. The first-order chi connectivity index (χ1) is 7.99. The van der Waals surface area contributed by atoms with Crippen LogP contribution >= 0.6 is 0 Å². The van der Waals surface area contributed by atoms with Crippen molar-refractivity contribution in [3.63, 3.8) is 0 Å². The van der Waals surface area contributed by atoms with Gasteiger partial charge in [-0.25, -0.2) is 0 Å². The van der Waals surface area contributed by atoms with Crippen LogP contribution < -0.4 is 0 Å². The van der Waals surface area contributed by atoms with Crippen molar-refractivity contribution in [1.82, 2.24) is 0 Å². The van der Waals surface area contributed by atoms with Gasteiger partial charge in [-0.1, -0.05) is 58.3 Å². The van der Waals surface area contributed by atoms with Gasteiger partial charge >= 0.3 is 0 Å². The lowest BCUT2D eigenvalue weighted by molar-refractivity contribution is -0.138. The predicted octanol–water partition coefficient (Wildman–Crippen LogP) is 4.71. The van der Waals surface area contributed by atoms with Crippen LogP contribution in [0.25, 0.3) is 0 Å². The van der Waals surface area contributed by atoms with Crippen LogP contribution in [0, 0.1) is 5.92 Å². The molecule has 0 aromatic carbocycles. The Morgan fingerprint density at radius 3 is 1.94 bits per heavy atom. The summed E-state index contributed by atoms with van der Waals surface area (Å²) in [6.45, 7) is 8.23. The molecule has 0 aromatic rings. The lowest BCUT2D eigenvalue weighted by atomic mass is 9.96. The van der Waals surface area contributed by atoms with E-state index in [0.717, 1.165) is 5.92 Å². The van der Waals surface area contributed by atoms with E-state index in [-0.39, 0.29) is 5.60 Å². The quantitative estimate of drug-likeness (QED) is 0.529. The Morgan fingerprint density at radius 2 is 1.65 bits per heavy atom. The average Bonchev–Trinajstić information content (AvgIpc) is 2.46. The molecular weight excluding hydrogens is 212 g/mol. The summed E-state index contributed by atoms with van der Waals surface area (Å²) in [5.41, 5.74) is -0.318. The summed E-state index contributed by atoms with van der Waals surface area (Å²) < 4.78 is 4.55. The van der Waals surface area contributed by atoms with Gasteiger partial charge in [-0.3, -0.25) is 4.79 Å². The molecule has 0 aromatic heterocycles. The van der Waals surface area contributed by atoms with Gasteiger partial charge in [-0.05, 0) is 26.7 Å². The predicted molar refractivity (Wildman–Crippen MR) is 73.0 cm³/mol. The molecule has 0 bridgehead atoms. The van der Waals surface area contributed by atoms with Crippen molar-refractivity contribution < 1.29 is 9.53 Å². The van der Waals surface area contributed by atoms with Crippen molar-refractivity contribution in [3.05, 3.63) is 0 Å². The average molecular weight is 242 g/mol. The Kier molecular flexibility index (Phi) is 9.20. The molecule has 17 heavy (non-hydrogen) atoms. The van der Waals surface area contributed by atoms with Crippen molar-refractivity contribution in [2.24, 2.45) is 5.92 Å². The van der Waals surface area contributed by atoms with Gasteiger partial charge in [0.25, 0.3) is 6.47 Å². The Hall–Kier alpha value is -0.530. The molecule has 102 valence electrons. The van der Waals surface area contributed by atoms with Gasteiger partial charge in [0.15, 0.2) is 0 Å².